The molecule has 0 aromatic heterocycles. The summed E-state index contributed by atoms with van der Waals surface area (Å²) in [5.74, 6) is 2.18. The summed E-state index contributed by atoms with van der Waals surface area (Å²) in [4.78, 5) is 6.82. The van der Waals surface area contributed by atoms with Crippen molar-refractivity contribution in [2.45, 2.75) is 32.4 Å². The van der Waals surface area contributed by atoms with E-state index in [2.05, 4.69) is 15.5 Å². The third kappa shape index (κ3) is 10.2. The van der Waals surface area contributed by atoms with Crippen LogP contribution in [0, 0.1) is 0 Å². The summed E-state index contributed by atoms with van der Waals surface area (Å²) in [6.45, 7) is 5.19. The van der Waals surface area contributed by atoms with Gasteiger partial charge in [-0.05, 0) is 52.1 Å². The lowest BCUT2D eigenvalue weighted by atomic mass is 10.1. The Bertz CT molecular complexity index is 772. The van der Waals surface area contributed by atoms with Crippen LogP contribution in [0.3, 0.4) is 0 Å². The summed E-state index contributed by atoms with van der Waals surface area (Å²) in [5, 5.41) is 6.51. The zero-order valence-corrected chi connectivity index (χ0v) is 22.2. The number of methoxy groups -OCH3 is 2. The highest BCUT2D eigenvalue weighted by atomic mass is 127. The molecular weight excluding hydrogens is 519 g/mol. The Labute approximate surface area is 198 Å². The zero-order valence-electron chi connectivity index (χ0n) is 19.1. The normalized spacial score (nSPS) is 13.9. The lowest BCUT2D eigenvalue weighted by Crippen LogP contribution is -2.43. The second kappa shape index (κ2) is 13.9. The van der Waals surface area contributed by atoms with E-state index >= 15 is 0 Å². The molecule has 0 saturated heterocycles. The van der Waals surface area contributed by atoms with Gasteiger partial charge in [-0.25, -0.2) is 8.42 Å². The second-order valence-corrected chi connectivity index (χ2v) is 9.54. The molecule has 0 aliphatic carbocycles. The fourth-order valence-electron chi connectivity index (χ4n) is 2.82. The minimum atomic E-state index is -2.98. The number of nitrogens with one attached hydrogen (secondary N) is 2. The van der Waals surface area contributed by atoms with E-state index in [0.717, 1.165) is 5.56 Å². The summed E-state index contributed by atoms with van der Waals surface area (Å²) < 4.78 is 33.5. The highest BCUT2D eigenvalue weighted by Crippen LogP contribution is 2.31. The van der Waals surface area contributed by atoms with Gasteiger partial charge < -0.3 is 25.0 Å². The van der Waals surface area contributed by atoms with Crippen LogP contribution >= 0.6 is 24.0 Å². The first-order valence-electron chi connectivity index (χ1n) is 9.72. The van der Waals surface area contributed by atoms with E-state index in [1.807, 2.05) is 46.1 Å². The Hall–Kier alpha value is -1.27. The molecule has 8 nitrogen and oxygen atoms in total. The Morgan fingerprint density at radius 3 is 2.33 bits per heavy atom. The number of nitrogens with zero attached hydrogens (tertiary/aromatic N) is 2. The van der Waals surface area contributed by atoms with Crippen molar-refractivity contribution in [3.05, 3.63) is 23.8 Å². The summed E-state index contributed by atoms with van der Waals surface area (Å²) in [5.41, 5.74) is 1.07. The lowest BCUT2D eigenvalue weighted by molar-refractivity contribution is 0.303. The van der Waals surface area contributed by atoms with Crippen LogP contribution in [-0.2, 0) is 9.84 Å². The van der Waals surface area contributed by atoms with Crippen LogP contribution in [0.2, 0.25) is 0 Å². The number of halogens is 1. The molecule has 174 valence electrons. The van der Waals surface area contributed by atoms with E-state index in [9.17, 15) is 8.42 Å². The van der Waals surface area contributed by atoms with Gasteiger partial charge >= 0.3 is 0 Å². The predicted octanol–water partition coefficient (Wildman–Crippen LogP) is 2.30. The van der Waals surface area contributed by atoms with Crippen molar-refractivity contribution in [1.82, 2.24) is 15.5 Å². The summed E-state index contributed by atoms with van der Waals surface area (Å²) in [6, 6.07) is 5.90. The van der Waals surface area contributed by atoms with Crippen molar-refractivity contribution < 1.29 is 17.9 Å². The molecule has 0 bridgehead atoms. The van der Waals surface area contributed by atoms with Crippen LogP contribution in [-0.4, -0.2) is 78.7 Å². The molecule has 2 N–H and O–H groups in total. The molecule has 0 aliphatic heterocycles. The molecular formula is C20H37IN4O4S. The van der Waals surface area contributed by atoms with Gasteiger partial charge in [-0.2, -0.15) is 0 Å². The van der Waals surface area contributed by atoms with E-state index in [1.165, 1.54) is 6.26 Å². The molecule has 0 amide bonds. The molecule has 0 saturated carbocycles. The van der Waals surface area contributed by atoms with Crippen molar-refractivity contribution in [2.24, 2.45) is 4.99 Å². The number of rotatable bonds is 11. The predicted molar refractivity (Wildman–Crippen MR) is 134 cm³/mol. The van der Waals surface area contributed by atoms with Crippen LogP contribution in [0.4, 0.5) is 0 Å². The van der Waals surface area contributed by atoms with Gasteiger partial charge in [0.05, 0.1) is 32.6 Å². The van der Waals surface area contributed by atoms with Crippen molar-refractivity contribution >= 4 is 39.8 Å². The summed E-state index contributed by atoms with van der Waals surface area (Å²) in [6.07, 6.45) is 1.78. The number of hydrogen-bond donors (Lipinski definition) is 2. The molecule has 2 unspecified atom stereocenters. The topological polar surface area (TPSA) is 92.3 Å². The summed E-state index contributed by atoms with van der Waals surface area (Å²) in [7, 11) is 4.27. The van der Waals surface area contributed by atoms with Gasteiger partial charge in [-0.1, -0.05) is 6.07 Å². The first-order chi connectivity index (χ1) is 13.6. The van der Waals surface area contributed by atoms with E-state index in [4.69, 9.17) is 14.5 Å². The molecule has 1 rings (SSSR count). The van der Waals surface area contributed by atoms with Gasteiger partial charge in [0.1, 0.15) is 9.84 Å². The SMILES string of the molecule is CCNC(=NCC(c1ccc(OC)c(OC)c1)N(C)C)NC(C)CCS(C)(=O)=O.I. The van der Waals surface area contributed by atoms with Gasteiger partial charge in [-0.15, -0.1) is 24.0 Å². The first-order valence-corrected chi connectivity index (χ1v) is 11.8. The number of hydrogen-bond acceptors (Lipinski definition) is 6. The molecule has 0 radical (unpaired) electrons. The number of aliphatic imine (C=N–C) groups is 1. The molecule has 0 aliphatic rings. The van der Waals surface area contributed by atoms with E-state index in [-0.39, 0.29) is 41.8 Å². The van der Waals surface area contributed by atoms with Crippen molar-refractivity contribution in [2.75, 3.05) is 53.4 Å². The quantitative estimate of drug-likeness (QED) is 0.246. The van der Waals surface area contributed by atoms with E-state index in [0.29, 0.717) is 37.0 Å². The molecule has 30 heavy (non-hydrogen) atoms. The number of likely N-dealkylation sites (N-methyl/N-ethyl adjacent to an activating group) is 1. The zero-order chi connectivity index (χ0) is 22.0. The minimum absolute atomic E-state index is 0. The highest BCUT2D eigenvalue weighted by molar-refractivity contribution is 14.0. The van der Waals surface area contributed by atoms with Crippen molar-refractivity contribution in [3.63, 3.8) is 0 Å². The smallest absolute Gasteiger partial charge is 0.191 e. The van der Waals surface area contributed by atoms with Gasteiger partial charge in [0.2, 0.25) is 0 Å². The fraction of sp³-hybridized carbons (Fsp3) is 0.650. The van der Waals surface area contributed by atoms with Gasteiger partial charge in [-0.3, -0.25) is 4.99 Å². The first kappa shape index (κ1) is 28.7. The molecule has 0 spiro atoms. The maximum absolute atomic E-state index is 11.4. The van der Waals surface area contributed by atoms with Gasteiger partial charge in [0, 0.05) is 18.8 Å². The van der Waals surface area contributed by atoms with Crippen LogP contribution in [0.25, 0.3) is 0 Å². The van der Waals surface area contributed by atoms with Gasteiger partial charge in [0.25, 0.3) is 0 Å². The largest absolute Gasteiger partial charge is 0.493 e. The molecule has 10 heteroatoms. The number of benzene rings is 1. The fourth-order valence-corrected chi connectivity index (χ4v) is 3.60. The third-order valence-electron chi connectivity index (χ3n) is 4.49. The number of guanidine groups is 1. The molecule has 2 atom stereocenters. The van der Waals surface area contributed by atoms with E-state index < -0.39 is 9.84 Å². The molecule has 0 heterocycles. The summed E-state index contributed by atoms with van der Waals surface area (Å²) >= 11 is 0. The van der Waals surface area contributed by atoms with E-state index in [1.54, 1.807) is 14.2 Å². The Morgan fingerprint density at radius 1 is 1.20 bits per heavy atom. The Kier molecular flexibility index (Phi) is 13.3. The van der Waals surface area contributed by atoms with Crippen LogP contribution in [0.1, 0.15) is 31.9 Å². The number of sulfone groups is 1. The minimum Gasteiger partial charge on any atom is -0.493 e. The lowest BCUT2D eigenvalue weighted by Gasteiger charge is -2.25. The standard InChI is InChI=1S/C20H36N4O4S.HI/c1-8-21-20(23-15(2)11-12-29(7,25)26)22-14-17(24(3)4)16-9-10-18(27-5)19(13-16)28-6;/h9-10,13,15,17H,8,11-12,14H2,1-7H3,(H2,21,22,23);1H. The average molecular weight is 557 g/mol. The van der Waals surface area contributed by atoms with Crippen molar-refractivity contribution in [1.29, 1.82) is 0 Å². The average Bonchev–Trinajstić information content (AvgIpc) is 2.65. The van der Waals surface area contributed by atoms with Crippen molar-refractivity contribution in [3.8, 4) is 11.5 Å². The highest BCUT2D eigenvalue weighted by Gasteiger charge is 2.17. The van der Waals surface area contributed by atoms with Crippen LogP contribution in [0.15, 0.2) is 23.2 Å². The maximum atomic E-state index is 11.4. The second-order valence-electron chi connectivity index (χ2n) is 7.28. The van der Waals surface area contributed by atoms with Gasteiger partial charge in [0.15, 0.2) is 17.5 Å². The van der Waals surface area contributed by atoms with Crippen LogP contribution in [0.5, 0.6) is 11.5 Å². The van der Waals surface area contributed by atoms with Crippen LogP contribution < -0.4 is 20.1 Å². The Morgan fingerprint density at radius 2 is 1.83 bits per heavy atom. The molecule has 1 aromatic rings. The maximum Gasteiger partial charge on any atom is 0.191 e. The number of ether oxygens (including phenoxy) is 2. The molecule has 0 fully saturated rings. The molecule has 1 aromatic carbocycles. The third-order valence-corrected chi connectivity index (χ3v) is 5.46. The Balaban J connectivity index is 0.00000841. The monoisotopic (exact) mass is 556 g/mol.